The summed E-state index contributed by atoms with van der Waals surface area (Å²) in [5, 5.41) is 16.7. The van der Waals surface area contributed by atoms with Gasteiger partial charge in [-0.25, -0.2) is 0 Å². The van der Waals surface area contributed by atoms with E-state index >= 15 is 0 Å². The van der Waals surface area contributed by atoms with Gasteiger partial charge in [-0.15, -0.1) is 0 Å². The van der Waals surface area contributed by atoms with Crippen LogP contribution in [0.3, 0.4) is 0 Å². The molecule has 2 N–H and O–H groups in total. The highest BCUT2D eigenvalue weighted by Gasteiger charge is 2.08. The third-order valence-electron chi connectivity index (χ3n) is 3.94. The van der Waals surface area contributed by atoms with Gasteiger partial charge in [0.25, 0.3) is 0 Å². The van der Waals surface area contributed by atoms with Crippen LogP contribution in [0.25, 0.3) is 0 Å². The highest BCUT2D eigenvalue weighted by atomic mass is 16.5. The van der Waals surface area contributed by atoms with Crippen LogP contribution in [0.1, 0.15) is 24.1 Å². The van der Waals surface area contributed by atoms with E-state index in [1.54, 1.807) is 0 Å². The Morgan fingerprint density at radius 3 is 2.60 bits per heavy atom. The van der Waals surface area contributed by atoms with Gasteiger partial charge in [-0.1, -0.05) is 30.3 Å². The fraction of sp³-hybridized carbons (Fsp3) is 0.250. The third kappa shape index (κ3) is 4.84. The average Bonchev–Trinajstić information content (AvgIpc) is 3.11. The molecule has 0 spiro atoms. The second-order valence-electron chi connectivity index (χ2n) is 5.92. The van der Waals surface area contributed by atoms with Gasteiger partial charge in [0.2, 0.25) is 0 Å². The molecule has 1 unspecified atom stereocenters. The van der Waals surface area contributed by atoms with E-state index in [1.165, 1.54) is 5.56 Å². The molecule has 0 aliphatic rings. The molecular weight excluding hydrogens is 314 g/mol. The molecule has 2 aromatic carbocycles. The largest absolute Gasteiger partial charge is 0.491 e. The quantitative estimate of drug-likeness (QED) is 0.661. The van der Waals surface area contributed by atoms with Crippen molar-refractivity contribution in [2.24, 2.45) is 0 Å². The predicted octanol–water partition coefficient (Wildman–Crippen LogP) is 3.48. The number of rotatable bonds is 8. The zero-order chi connectivity index (χ0) is 17.5. The molecule has 130 valence electrons. The molecule has 0 saturated heterocycles. The van der Waals surface area contributed by atoms with Gasteiger partial charge in [-0.3, -0.25) is 4.68 Å². The Kier molecular flexibility index (Phi) is 5.69. The first-order valence-corrected chi connectivity index (χ1v) is 8.41. The van der Waals surface area contributed by atoms with Crippen molar-refractivity contribution >= 4 is 5.69 Å². The topological polar surface area (TPSA) is 59.3 Å². The van der Waals surface area contributed by atoms with Gasteiger partial charge >= 0.3 is 0 Å². The summed E-state index contributed by atoms with van der Waals surface area (Å²) in [7, 11) is 0. The number of hydrogen-bond donors (Lipinski definition) is 2. The highest BCUT2D eigenvalue weighted by molar-refractivity contribution is 5.47. The average molecular weight is 337 g/mol. The summed E-state index contributed by atoms with van der Waals surface area (Å²) in [6.07, 6.45) is 3.97. The number of nitrogens with one attached hydrogen (secondary N) is 1. The first kappa shape index (κ1) is 17.0. The minimum atomic E-state index is 0.0179. The molecule has 0 fully saturated rings. The molecule has 0 saturated carbocycles. The van der Waals surface area contributed by atoms with Gasteiger partial charge < -0.3 is 15.2 Å². The molecule has 0 radical (unpaired) electrons. The Bertz CT molecular complexity index is 769. The molecule has 25 heavy (non-hydrogen) atoms. The van der Waals surface area contributed by atoms with Crippen LogP contribution in [-0.4, -0.2) is 28.1 Å². The van der Waals surface area contributed by atoms with Gasteiger partial charge in [0.1, 0.15) is 12.4 Å². The van der Waals surface area contributed by atoms with E-state index in [2.05, 4.69) is 35.7 Å². The van der Waals surface area contributed by atoms with E-state index in [1.807, 2.05) is 53.3 Å². The summed E-state index contributed by atoms with van der Waals surface area (Å²) in [6, 6.07) is 18.2. The number of ether oxygens (including phenoxy) is 1. The zero-order valence-corrected chi connectivity index (χ0v) is 14.3. The normalized spacial score (nSPS) is 11.9. The number of hydrogen-bond acceptors (Lipinski definition) is 4. The highest BCUT2D eigenvalue weighted by Crippen LogP contribution is 2.21. The summed E-state index contributed by atoms with van der Waals surface area (Å²) < 4.78 is 7.32. The Balaban J connectivity index is 1.59. The molecule has 5 nitrogen and oxygen atoms in total. The van der Waals surface area contributed by atoms with Crippen molar-refractivity contribution in [2.45, 2.75) is 19.5 Å². The maximum absolute atomic E-state index is 8.78. The smallest absolute Gasteiger partial charge is 0.119 e. The molecular formula is C20H23N3O2. The number of nitrogens with zero attached hydrogens (tertiary/aromatic N) is 2. The minimum absolute atomic E-state index is 0.0179. The fourth-order valence-corrected chi connectivity index (χ4v) is 2.60. The Hall–Kier alpha value is -2.79. The third-order valence-corrected chi connectivity index (χ3v) is 3.94. The Labute approximate surface area is 147 Å². The lowest BCUT2D eigenvalue weighted by Gasteiger charge is -2.14. The van der Waals surface area contributed by atoms with Crippen molar-refractivity contribution < 1.29 is 9.84 Å². The van der Waals surface area contributed by atoms with Crippen LogP contribution in [0, 0.1) is 0 Å². The molecule has 1 heterocycles. The van der Waals surface area contributed by atoms with Crippen molar-refractivity contribution in [2.75, 3.05) is 18.5 Å². The first-order valence-electron chi connectivity index (χ1n) is 8.41. The zero-order valence-electron chi connectivity index (χ0n) is 14.3. The number of anilines is 1. The van der Waals surface area contributed by atoms with Crippen molar-refractivity contribution in [3.05, 3.63) is 78.1 Å². The van der Waals surface area contributed by atoms with Crippen LogP contribution >= 0.6 is 0 Å². The van der Waals surface area contributed by atoms with Crippen LogP contribution in [0.2, 0.25) is 0 Å². The lowest BCUT2D eigenvalue weighted by Crippen LogP contribution is -2.06. The maximum Gasteiger partial charge on any atom is 0.119 e. The summed E-state index contributed by atoms with van der Waals surface area (Å²) in [5.74, 6) is 0.753. The van der Waals surface area contributed by atoms with E-state index in [0.29, 0.717) is 6.61 Å². The van der Waals surface area contributed by atoms with Gasteiger partial charge in [-0.05, 0) is 36.8 Å². The van der Waals surface area contributed by atoms with Crippen LogP contribution < -0.4 is 10.1 Å². The fourth-order valence-electron chi connectivity index (χ4n) is 2.60. The van der Waals surface area contributed by atoms with Gasteiger partial charge in [0.15, 0.2) is 0 Å². The molecule has 1 aromatic heterocycles. The predicted molar refractivity (Wildman–Crippen MR) is 98.8 cm³/mol. The van der Waals surface area contributed by atoms with Gasteiger partial charge in [-0.2, -0.15) is 5.10 Å². The molecule has 3 aromatic rings. The number of aromatic nitrogens is 2. The summed E-state index contributed by atoms with van der Waals surface area (Å²) in [4.78, 5) is 0. The molecule has 1 atom stereocenters. The van der Waals surface area contributed by atoms with E-state index in [0.717, 1.165) is 23.5 Å². The van der Waals surface area contributed by atoms with Crippen LogP contribution in [0.5, 0.6) is 5.75 Å². The van der Waals surface area contributed by atoms with Crippen LogP contribution in [-0.2, 0) is 6.54 Å². The molecule has 3 rings (SSSR count). The standard InChI is InChI=1S/C20H23N3O2/c1-16(22-19-7-9-20(10-8-19)25-12-11-24)18-13-21-23(15-18)14-17-5-3-2-4-6-17/h2-10,13,15-16,22,24H,11-12,14H2,1H3. The van der Waals surface area contributed by atoms with E-state index in [9.17, 15) is 0 Å². The van der Waals surface area contributed by atoms with E-state index in [4.69, 9.17) is 9.84 Å². The summed E-state index contributed by atoms with van der Waals surface area (Å²) in [6.45, 7) is 3.21. The molecule has 0 aliphatic carbocycles. The second-order valence-corrected chi connectivity index (χ2v) is 5.92. The Morgan fingerprint density at radius 1 is 1.12 bits per heavy atom. The monoisotopic (exact) mass is 337 g/mol. The number of aliphatic hydroxyl groups excluding tert-OH is 1. The van der Waals surface area contributed by atoms with Crippen molar-refractivity contribution in [3.8, 4) is 5.75 Å². The molecule has 0 bridgehead atoms. The first-order chi connectivity index (χ1) is 12.2. The maximum atomic E-state index is 8.78. The number of aliphatic hydroxyl groups is 1. The molecule has 0 aliphatic heterocycles. The molecule has 0 amide bonds. The van der Waals surface area contributed by atoms with Crippen molar-refractivity contribution in [1.82, 2.24) is 9.78 Å². The van der Waals surface area contributed by atoms with Crippen LogP contribution in [0.15, 0.2) is 67.0 Å². The number of benzene rings is 2. The summed E-state index contributed by atoms with van der Waals surface area (Å²) in [5.41, 5.74) is 3.38. The van der Waals surface area contributed by atoms with Crippen LogP contribution in [0.4, 0.5) is 5.69 Å². The minimum Gasteiger partial charge on any atom is -0.491 e. The summed E-state index contributed by atoms with van der Waals surface area (Å²) >= 11 is 0. The Morgan fingerprint density at radius 2 is 1.88 bits per heavy atom. The van der Waals surface area contributed by atoms with Crippen molar-refractivity contribution in [1.29, 1.82) is 0 Å². The van der Waals surface area contributed by atoms with Gasteiger partial charge in [0.05, 0.1) is 25.4 Å². The SMILES string of the molecule is CC(Nc1ccc(OCCO)cc1)c1cnn(Cc2ccccc2)c1. The lowest BCUT2D eigenvalue weighted by atomic mass is 10.1. The second kappa shape index (κ2) is 8.35. The van der Waals surface area contributed by atoms with Crippen molar-refractivity contribution in [3.63, 3.8) is 0 Å². The van der Waals surface area contributed by atoms with E-state index in [-0.39, 0.29) is 12.6 Å². The molecule has 5 heteroatoms. The lowest BCUT2D eigenvalue weighted by molar-refractivity contribution is 0.201. The van der Waals surface area contributed by atoms with Gasteiger partial charge in [0, 0.05) is 17.4 Å². The van der Waals surface area contributed by atoms with E-state index < -0.39 is 0 Å².